The van der Waals surface area contributed by atoms with E-state index in [4.69, 9.17) is 11.6 Å². The van der Waals surface area contributed by atoms with Gasteiger partial charge < -0.3 is 10.2 Å². The summed E-state index contributed by atoms with van der Waals surface area (Å²) in [5.74, 6) is 0.0175. The highest BCUT2D eigenvalue weighted by molar-refractivity contribution is 6.30. The van der Waals surface area contributed by atoms with Gasteiger partial charge in [0, 0.05) is 24.0 Å². The van der Waals surface area contributed by atoms with Gasteiger partial charge in [0.25, 0.3) is 0 Å². The molecule has 1 atom stereocenters. The van der Waals surface area contributed by atoms with Crippen LogP contribution in [0.15, 0.2) is 30.9 Å². The van der Waals surface area contributed by atoms with Gasteiger partial charge in [-0.05, 0) is 55.0 Å². The van der Waals surface area contributed by atoms with Gasteiger partial charge in [0.2, 0.25) is 11.8 Å². The second-order valence-corrected chi connectivity index (χ2v) is 6.68. The number of amides is 2. The number of rotatable bonds is 3. The van der Waals surface area contributed by atoms with Crippen molar-refractivity contribution in [1.82, 2.24) is 10.2 Å². The Morgan fingerprint density at radius 3 is 2.70 bits per heavy atom. The minimum Gasteiger partial charge on any atom is -0.349 e. The molecule has 1 aliphatic carbocycles. The lowest BCUT2D eigenvalue weighted by Crippen LogP contribution is -2.43. The standard InChI is InChI=1S/C18H21ClN2O2/c1-2-17(22)21-9-7-13(8-10-21)18(23)20-16-6-4-12-3-5-14(19)11-15(12)16/h2-3,5,11,13,16H,1,4,6-10H2,(H,20,23). The number of halogens is 1. The number of hydrogen-bond acceptors (Lipinski definition) is 2. The molecular formula is C18H21ClN2O2. The van der Waals surface area contributed by atoms with Crippen molar-refractivity contribution in [3.63, 3.8) is 0 Å². The summed E-state index contributed by atoms with van der Waals surface area (Å²) in [5, 5.41) is 3.88. The van der Waals surface area contributed by atoms with E-state index < -0.39 is 0 Å². The Bertz CT molecular complexity index is 636. The number of likely N-dealkylation sites (tertiary alicyclic amines) is 1. The van der Waals surface area contributed by atoms with Crippen molar-refractivity contribution in [2.24, 2.45) is 5.92 Å². The number of carbonyl (C=O) groups excluding carboxylic acids is 2. The number of aryl methyl sites for hydroxylation is 1. The molecule has 0 spiro atoms. The molecule has 1 saturated heterocycles. The van der Waals surface area contributed by atoms with Crippen molar-refractivity contribution in [1.29, 1.82) is 0 Å². The van der Waals surface area contributed by atoms with E-state index in [1.165, 1.54) is 11.6 Å². The summed E-state index contributed by atoms with van der Waals surface area (Å²) in [7, 11) is 0. The van der Waals surface area contributed by atoms with E-state index in [9.17, 15) is 9.59 Å². The zero-order chi connectivity index (χ0) is 16.4. The molecule has 4 nitrogen and oxygen atoms in total. The molecule has 1 aliphatic heterocycles. The van der Waals surface area contributed by atoms with E-state index in [2.05, 4.69) is 11.9 Å². The number of nitrogens with zero attached hydrogens (tertiary/aromatic N) is 1. The van der Waals surface area contributed by atoms with Crippen LogP contribution in [0.4, 0.5) is 0 Å². The highest BCUT2D eigenvalue weighted by Gasteiger charge is 2.30. The third-order valence-electron chi connectivity index (χ3n) is 4.85. The van der Waals surface area contributed by atoms with Crippen LogP contribution in [0, 0.1) is 5.92 Å². The van der Waals surface area contributed by atoms with E-state index in [1.807, 2.05) is 18.2 Å². The minimum atomic E-state index is -0.0526. The number of nitrogens with one attached hydrogen (secondary N) is 1. The van der Waals surface area contributed by atoms with Crippen molar-refractivity contribution < 1.29 is 9.59 Å². The first kappa shape index (κ1) is 16.1. The zero-order valence-electron chi connectivity index (χ0n) is 13.1. The molecule has 1 aromatic carbocycles. The molecular weight excluding hydrogens is 312 g/mol. The van der Waals surface area contributed by atoms with Crippen molar-refractivity contribution in [3.8, 4) is 0 Å². The van der Waals surface area contributed by atoms with Gasteiger partial charge in [-0.25, -0.2) is 0 Å². The predicted molar refractivity (Wildman–Crippen MR) is 90.2 cm³/mol. The molecule has 3 rings (SSSR count). The summed E-state index contributed by atoms with van der Waals surface area (Å²) >= 11 is 6.08. The smallest absolute Gasteiger partial charge is 0.245 e. The van der Waals surface area contributed by atoms with Gasteiger partial charge in [-0.15, -0.1) is 0 Å². The Labute approximate surface area is 141 Å². The van der Waals surface area contributed by atoms with Gasteiger partial charge in [-0.2, -0.15) is 0 Å². The first-order valence-electron chi connectivity index (χ1n) is 8.08. The molecule has 1 aromatic rings. The maximum atomic E-state index is 12.5. The fraction of sp³-hybridized carbons (Fsp3) is 0.444. The van der Waals surface area contributed by atoms with Crippen LogP contribution in [0.25, 0.3) is 0 Å². The van der Waals surface area contributed by atoms with E-state index >= 15 is 0 Å². The molecule has 0 bridgehead atoms. The lowest BCUT2D eigenvalue weighted by atomic mass is 9.95. The van der Waals surface area contributed by atoms with Crippen LogP contribution in [-0.2, 0) is 16.0 Å². The molecule has 5 heteroatoms. The van der Waals surface area contributed by atoms with Gasteiger partial charge in [0.05, 0.1) is 6.04 Å². The van der Waals surface area contributed by atoms with Crippen LogP contribution in [0.5, 0.6) is 0 Å². The monoisotopic (exact) mass is 332 g/mol. The molecule has 0 saturated carbocycles. The molecule has 0 radical (unpaired) electrons. The zero-order valence-corrected chi connectivity index (χ0v) is 13.8. The predicted octanol–water partition coefficient (Wildman–Crippen LogP) is 2.87. The topological polar surface area (TPSA) is 49.4 Å². The van der Waals surface area contributed by atoms with Gasteiger partial charge in [-0.1, -0.05) is 24.2 Å². The normalized spacial score (nSPS) is 20.9. The second kappa shape index (κ2) is 6.75. The van der Waals surface area contributed by atoms with E-state index in [0.717, 1.165) is 18.4 Å². The average Bonchev–Trinajstić information content (AvgIpc) is 2.96. The number of piperidine rings is 1. The third kappa shape index (κ3) is 3.42. The minimum absolute atomic E-state index is 0.0212. The van der Waals surface area contributed by atoms with Gasteiger partial charge in [-0.3, -0.25) is 9.59 Å². The largest absolute Gasteiger partial charge is 0.349 e. The van der Waals surface area contributed by atoms with Crippen LogP contribution in [0.2, 0.25) is 5.02 Å². The molecule has 23 heavy (non-hydrogen) atoms. The van der Waals surface area contributed by atoms with Crippen LogP contribution in [0.1, 0.15) is 36.4 Å². The quantitative estimate of drug-likeness (QED) is 0.865. The van der Waals surface area contributed by atoms with Gasteiger partial charge in [0.1, 0.15) is 0 Å². The number of fused-ring (bicyclic) bond motifs is 1. The maximum absolute atomic E-state index is 12.5. The number of benzene rings is 1. The van der Waals surface area contributed by atoms with Crippen LogP contribution >= 0.6 is 11.6 Å². The second-order valence-electron chi connectivity index (χ2n) is 6.25. The highest BCUT2D eigenvalue weighted by Crippen LogP contribution is 2.33. The van der Waals surface area contributed by atoms with E-state index in [-0.39, 0.29) is 23.8 Å². The summed E-state index contributed by atoms with van der Waals surface area (Å²) in [6.07, 6.45) is 4.65. The summed E-state index contributed by atoms with van der Waals surface area (Å²) in [6.45, 7) is 4.75. The Kier molecular flexibility index (Phi) is 4.71. The van der Waals surface area contributed by atoms with E-state index in [1.54, 1.807) is 4.90 Å². The van der Waals surface area contributed by atoms with Crippen molar-refractivity contribution in [2.75, 3.05) is 13.1 Å². The molecule has 2 amide bonds. The van der Waals surface area contributed by atoms with Gasteiger partial charge in [0.15, 0.2) is 0 Å². The molecule has 1 unspecified atom stereocenters. The maximum Gasteiger partial charge on any atom is 0.245 e. The van der Waals surface area contributed by atoms with Crippen LogP contribution in [-0.4, -0.2) is 29.8 Å². The highest BCUT2D eigenvalue weighted by atomic mass is 35.5. The summed E-state index contributed by atoms with van der Waals surface area (Å²) in [6, 6.07) is 5.96. The first-order chi connectivity index (χ1) is 11.1. The number of carbonyl (C=O) groups is 2. The summed E-state index contributed by atoms with van der Waals surface area (Å²) < 4.78 is 0. The summed E-state index contributed by atoms with van der Waals surface area (Å²) in [4.78, 5) is 25.9. The van der Waals surface area contributed by atoms with Crippen molar-refractivity contribution >= 4 is 23.4 Å². The van der Waals surface area contributed by atoms with Crippen LogP contribution in [0.3, 0.4) is 0 Å². The lowest BCUT2D eigenvalue weighted by Gasteiger charge is -2.31. The Hall–Kier alpha value is -1.81. The molecule has 0 aromatic heterocycles. The SMILES string of the molecule is C=CC(=O)N1CCC(C(=O)NC2CCc3ccc(Cl)cc32)CC1. The van der Waals surface area contributed by atoms with E-state index in [0.29, 0.717) is 31.0 Å². The molecule has 1 N–H and O–H groups in total. The third-order valence-corrected chi connectivity index (χ3v) is 5.09. The molecule has 122 valence electrons. The summed E-state index contributed by atoms with van der Waals surface area (Å²) in [5.41, 5.74) is 2.41. The fourth-order valence-electron chi connectivity index (χ4n) is 3.50. The molecule has 2 aliphatic rings. The van der Waals surface area contributed by atoms with Gasteiger partial charge >= 0.3 is 0 Å². The molecule has 1 heterocycles. The van der Waals surface area contributed by atoms with Crippen LogP contribution < -0.4 is 5.32 Å². The average molecular weight is 333 g/mol. The Morgan fingerprint density at radius 2 is 2.00 bits per heavy atom. The fourth-order valence-corrected chi connectivity index (χ4v) is 3.68. The Balaban J connectivity index is 1.58. The van der Waals surface area contributed by atoms with Crippen molar-refractivity contribution in [2.45, 2.75) is 31.7 Å². The lowest BCUT2D eigenvalue weighted by molar-refractivity contribution is -0.132. The first-order valence-corrected chi connectivity index (χ1v) is 8.46. The molecule has 1 fully saturated rings. The number of hydrogen-bond donors (Lipinski definition) is 1. The van der Waals surface area contributed by atoms with Crippen molar-refractivity contribution in [3.05, 3.63) is 47.0 Å². The Morgan fingerprint density at radius 1 is 1.26 bits per heavy atom.